The van der Waals surface area contributed by atoms with Crippen molar-refractivity contribution in [3.05, 3.63) is 71.8 Å². The molecule has 0 spiro atoms. The summed E-state index contributed by atoms with van der Waals surface area (Å²) in [7, 11) is -3.41. The second-order valence-corrected chi connectivity index (χ2v) is 8.33. The molecular weight excluding hydrogens is 322 g/mol. The number of hydrogen-bond donors (Lipinski definition) is 1. The molecule has 2 aromatic carbocycles. The quantitative estimate of drug-likeness (QED) is 0.839. The fourth-order valence-electron chi connectivity index (χ4n) is 2.45. The Balaban J connectivity index is 2.13. The molecule has 1 N–H and O–H groups in total. The molecule has 5 heteroatoms. The number of benzene rings is 2. The van der Waals surface area contributed by atoms with Crippen LogP contribution in [0.3, 0.4) is 0 Å². The summed E-state index contributed by atoms with van der Waals surface area (Å²) in [6.07, 6.45) is 2.59. The Morgan fingerprint density at radius 3 is 2.08 bits per heavy atom. The number of sulfone groups is 1. The molecule has 2 atom stereocenters. The van der Waals surface area contributed by atoms with Crippen LogP contribution in [0.4, 0.5) is 0 Å². The average Bonchev–Trinajstić information content (AvgIpc) is 2.58. The Kier molecular flexibility index (Phi) is 6.15. The van der Waals surface area contributed by atoms with Gasteiger partial charge in [0.05, 0.1) is 6.04 Å². The van der Waals surface area contributed by atoms with Gasteiger partial charge in [0, 0.05) is 6.26 Å². The van der Waals surface area contributed by atoms with Crippen LogP contribution in [-0.4, -0.2) is 25.8 Å². The molecule has 0 aliphatic heterocycles. The van der Waals surface area contributed by atoms with Crippen molar-refractivity contribution >= 4 is 15.7 Å². The maximum atomic E-state index is 12.3. The highest BCUT2D eigenvalue weighted by atomic mass is 32.2. The average molecular weight is 345 g/mol. The van der Waals surface area contributed by atoms with E-state index < -0.39 is 21.0 Å². The van der Waals surface area contributed by atoms with Crippen LogP contribution in [0.25, 0.3) is 0 Å². The van der Waals surface area contributed by atoms with Crippen molar-refractivity contribution in [3.63, 3.8) is 0 Å². The number of carbonyl (C=O) groups is 1. The van der Waals surface area contributed by atoms with E-state index in [1.165, 1.54) is 12.5 Å². The van der Waals surface area contributed by atoms with E-state index in [1.807, 2.05) is 60.7 Å². The molecule has 2 rings (SSSR count). The molecule has 0 saturated carbocycles. The first-order chi connectivity index (χ1) is 11.4. The maximum absolute atomic E-state index is 12.3. The van der Waals surface area contributed by atoms with E-state index in [0.29, 0.717) is 6.42 Å². The first kappa shape index (κ1) is 18.2. The third kappa shape index (κ3) is 5.20. The smallest absolute Gasteiger partial charge is 0.238 e. The van der Waals surface area contributed by atoms with Gasteiger partial charge >= 0.3 is 0 Å². The molecule has 0 aliphatic rings. The summed E-state index contributed by atoms with van der Waals surface area (Å²) in [5.41, 5.74) is 2.16. The Labute approximate surface area is 143 Å². The third-order valence-corrected chi connectivity index (χ3v) is 5.59. The molecule has 0 saturated heterocycles. The molecule has 4 nitrogen and oxygen atoms in total. The lowest BCUT2D eigenvalue weighted by atomic mass is 9.99. The minimum Gasteiger partial charge on any atom is -0.348 e. The van der Waals surface area contributed by atoms with Gasteiger partial charge in [0.15, 0.2) is 9.84 Å². The minimum atomic E-state index is -3.41. The number of rotatable bonds is 7. The summed E-state index contributed by atoms with van der Waals surface area (Å²) < 4.78 is 23.2. The first-order valence-corrected chi connectivity index (χ1v) is 9.91. The van der Waals surface area contributed by atoms with Gasteiger partial charge in [-0.15, -0.1) is 0 Å². The summed E-state index contributed by atoms with van der Waals surface area (Å²) in [5, 5.41) is 1.84. The van der Waals surface area contributed by atoms with E-state index in [1.54, 1.807) is 0 Å². The summed E-state index contributed by atoms with van der Waals surface area (Å²) in [6, 6.07) is 19.4. The monoisotopic (exact) mass is 345 g/mol. The first-order valence-electron chi connectivity index (χ1n) is 7.96. The van der Waals surface area contributed by atoms with Crippen LogP contribution in [0.5, 0.6) is 0 Å². The van der Waals surface area contributed by atoms with Crippen molar-refractivity contribution in [1.29, 1.82) is 0 Å². The van der Waals surface area contributed by atoms with Crippen LogP contribution in [0.2, 0.25) is 0 Å². The number of amides is 1. The van der Waals surface area contributed by atoms with Crippen molar-refractivity contribution in [2.75, 3.05) is 6.26 Å². The van der Waals surface area contributed by atoms with Gasteiger partial charge < -0.3 is 5.32 Å². The SMILES string of the molecule is C[C@@H](C(=O)N[C@@H](CCc1ccccc1)c1ccccc1)S(C)(=O)=O. The zero-order chi connectivity index (χ0) is 17.6. The highest BCUT2D eigenvalue weighted by Gasteiger charge is 2.26. The fraction of sp³-hybridized carbons (Fsp3) is 0.316. The molecule has 2 aromatic rings. The summed E-state index contributed by atoms with van der Waals surface area (Å²) >= 11 is 0. The van der Waals surface area contributed by atoms with Crippen LogP contribution in [-0.2, 0) is 21.1 Å². The van der Waals surface area contributed by atoms with Crippen molar-refractivity contribution in [3.8, 4) is 0 Å². The van der Waals surface area contributed by atoms with E-state index in [2.05, 4.69) is 5.32 Å². The molecule has 0 aromatic heterocycles. The molecule has 24 heavy (non-hydrogen) atoms. The van der Waals surface area contributed by atoms with E-state index in [9.17, 15) is 13.2 Å². The zero-order valence-electron chi connectivity index (χ0n) is 14.0. The molecule has 0 bridgehead atoms. The lowest BCUT2D eigenvalue weighted by Crippen LogP contribution is -2.39. The van der Waals surface area contributed by atoms with Crippen LogP contribution >= 0.6 is 0 Å². The highest BCUT2D eigenvalue weighted by molar-refractivity contribution is 7.92. The highest BCUT2D eigenvalue weighted by Crippen LogP contribution is 2.20. The molecule has 0 fully saturated rings. The van der Waals surface area contributed by atoms with Crippen molar-refractivity contribution in [1.82, 2.24) is 5.32 Å². The molecule has 128 valence electrons. The van der Waals surface area contributed by atoms with Crippen LogP contribution in [0.15, 0.2) is 60.7 Å². The molecule has 0 heterocycles. The second kappa shape index (κ2) is 8.11. The standard InChI is InChI=1S/C19H23NO3S/c1-15(24(2,22)23)19(21)20-18(17-11-7-4-8-12-17)14-13-16-9-5-3-6-10-16/h3-12,15,18H,13-14H2,1-2H3,(H,20,21)/t15-,18-/m0/s1. The van der Waals surface area contributed by atoms with Gasteiger partial charge in [0.25, 0.3) is 0 Å². The Bertz CT molecular complexity index is 758. The van der Waals surface area contributed by atoms with E-state index in [-0.39, 0.29) is 6.04 Å². The molecule has 1 amide bonds. The lowest BCUT2D eigenvalue weighted by molar-refractivity contribution is -0.121. The largest absolute Gasteiger partial charge is 0.348 e. The van der Waals surface area contributed by atoms with Gasteiger partial charge in [-0.05, 0) is 30.9 Å². The third-order valence-electron chi connectivity index (χ3n) is 4.09. The van der Waals surface area contributed by atoms with Gasteiger partial charge in [-0.2, -0.15) is 0 Å². The van der Waals surface area contributed by atoms with Crippen molar-refractivity contribution < 1.29 is 13.2 Å². The number of nitrogens with one attached hydrogen (secondary N) is 1. The number of carbonyl (C=O) groups excluding carboxylic acids is 1. The minimum absolute atomic E-state index is 0.219. The zero-order valence-corrected chi connectivity index (χ0v) is 14.8. The van der Waals surface area contributed by atoms with E-state index >= 15 is 0 Å². The second-order valence-electron chi connectivity index (χ2n) is 5.97. The Morgan fingerprint density at radius 1 is 1.00 bits per heavy atom. The number of hydrogen-bond acceptors (Lipinski definition) is 3. The van der Waals surface area contributed by atoms with Crippen LogP contribution in [0, 0.1) is 0 Å². The van der Waals surface area contributed by atoms with Crippen LogP contribution < -0.4 is 5.32 Å². The number of aryl methyl sites for hydroxylation is 1. The molecule has 0 unspecified atom stereocenters. The summed E-state index contributed by atoms with van der Waals surface area (Å²) in [6.45, 7) is 1.42. The van der Waals surface area contributed by atoms with E-state index in [0.717, 1.165) is 18.2 Å². The molecule has 0 radical (unpaired) electrons. The maximum Gasteiger partial charge on any atom is 0.238 e. The molecular formula is C19H23NO3S. The normalized spacial score (nSPS) is 13.9. The molecule has 0 aliphatic carbocycles. The van der Waals surface area contributed by atoms with Gasteiger partial charge in [-0.1, -0.05) is 60.7 Å². The summed E-state index contributed by atoms with van der Waals surface area (Å²) in [4.78, 5) is 12.3. The van der Waals surface area contributed by atoms with Gasteiger partial charge in [0.2, 0.25) is 5.91 Å². The predicted octanol–water partition coefficient (Wildman–Crippen LogP) is 2.91. The van der Waals surface area contributed by atoms with Gasteiger partial charge in [0.1, 0.15) is 5.25 Å². The lowest BCUT2D eigenvalue weighted by Gasteiger charge is -2.21. The van der Waals surface area contributed by atoms with Crippen molar-refractivity contribution in [2.45, 2.75) is 31.1 Å². The van der Waals surface area contributed by atoms with Crippen molar-refractivity contribution in [2.24, 2.45) is 0 Å². The van der Waals surface area contributed by atoms with Gasteiger partial charge in [-0.3, -0.25) is 4.79 Å². The Morgan fingerprint density at radius 2 is 1.54 bits per heavy atom. The predicted molar refractivity (Wildman–Crippen MR) is 96.4 cm³/mol. The fourth-order valence-corrected chi connectivity index (χ4v) is 2.90. The van der Waals surface area contributed by atoms with E-state index in [4.69, 9.17) is 0 Å². The topological polar surface area (TPSA) is 63.2 Å². The van der Waals surface area contributed by atoms with Crippen LogP contribution in [0.1, 0.15) is 30.5 Å². The van der Waals surface area contributed by atoms with Gasteiger partial charge in [-0.25, -0.2) is 8.42 Å². The summed E-state index contributed by atoms with van der Waals surface area (Å²) in [5.74, 6) is -0.459. The Hall–Kier alpha value is -2.14.